The van der Waals surface area contributed by atoms with Gasteiger partial charge in [-0.25, -0.2) is 9.59 Å². The zero-order valence-corrected chi connectivity index (χ0v) is 19.4. The van der Waals surface area contributed by atoms with Gasteiger partial charge in [0.2, 0.25) is 0 Å². The lowest BCUT2D eigenvalue weighted by Crippen LogP contribution is -2.28. The Morgan fingerprint density at radius 1 is 0.794 bits per heavy atom. The van der Waals surface area contributed by atoms with Gasteiger partial charge in [0.1, 0.15) is 0 Å². The third kappa shape index (κ3) is 4.72. The number of hydrogen-bond donors (Lipinski definition) is 0. The van der Waals surface area contributed by atoms with E-state index in [2.05, 4.69) is 24.3 Å². The average molecular weight is 453 g/mol. The molecule has 2 atom stereocenters. The summed E-state index contributed by atoms with van der Waals surface area (Å²) in [5.74, 6) is -1.40. The number of rotatable bonds is 7. The number of carbonyl (C=O) groups is 2. The van der Waals surface area contributed by atoms with E-state index >= 15 is 0 Å². The maximum Gasteiger partial charge on any atom is 0.335 e. The second kappa shape index (κ2) is 10.8. The van der Waals surface area contributed by atoms with Gasteiger partial charge in [-0.05, 0) is 36.1 Å². The molecule has 0 unspecified atom stereocenters. The van der Waals surface area contributed by atoms with Crippen LogP contribution in [0.25, 0.3) is 5.57 Å². The van der Waals surface area contributed by atoms with Crippen molar-refractivity contribution < 1.29 is 19.1 Å². The molecule has 1 aliphatic rings. The number of carbonyl (C=O) groups excluding carboxylic acids is 2. The van der Waals surface area contributed by atoms with Crippen molar-refractivity contribution in [2.24, 2.45) is 5.92 Å². The van der Waals surface area contributed by atoms with E-state index in [1.54, 1.807) is 19.9 Å². The van der Waals surface area contributed by atoms with Crippen LogP contribution in [0.2, 0.25) is 0 Å². The highest BCUT2D eigenvalue weighted by atomic mass is 16.5. The second-order valence-corrected chi connectivity index (χ2v) is 7.99. The standard InChI is InChI=1S/C30H28O4/c1-3-33-26(31)20-19-25-27(21-13-7-5-8-14-21)23-17-11-12-18-24(23)28(22-15-9-6-10-16-22)29(25)30(32)34-4-2/h5-20,25,27H,3-4H2,1-2H3/b20-19+/t25-,27+/m1/s1. The minimum atomic E-state index is -0.433. The smallest absolute Gasteiger partial charge is 0.335 e. The summed E-state index contributed by atoms with van der Waals surface area (Å²) in [6.07, 6.45) is 3.22. The van der Waals surface area contributed by atoms with Crippen molar-refractivity contribution in [3.05, 3.63) is 125 Å². The quantitative estimate of drug-likeness (QED) is 0.329. The second-order valence-electron chi connectivity index (χ2n) is 7.99. The maximum absolute atomic E-state index is 13.5. The highest BCUT2D eigenvalue weighted by molar-refractivity contribution is 6.04. The topological polar surface area (TPSA) is 52.6 Å². The van der Waals surface area contributed by atoms with Crippen molar-refractivity contribution in [2.75, 3.05) is 13.2 Å². The molecule has 0 aliphatic heterocycles. The predicted molar refractivity (Wildman–Crippen MR) is 133 cm³/mol. The van der Waals surface area contributed by atoms with Crippen molar-refractivity contribution in [3.63, 3.8) is 0 Å². The summed E-state index contributed by atoms with van der Waals surface area (Å²) in [4.78, 5) is 25.8. The molecule has 0 bridgehead atoms. The van der Waals surface area contributed by atoms with Crippen LogP contribution >= 0.6 is 0 Å². The Balaban J connectivity index is 2.03. The molecule has 3 aromatic rings. The van der Waals surface area contributed by atoms with Gasteiger partial charge in [0, 0.05) is 23.5 Å². The molecule has 0 radical (unpaired) electrons. The Kier molecular flexibility index (Phi) is 7.38. The van der Waals surface area contributed by atoms with Crippen LogP contribution < -0.4 is 0 Å². The van der Waals surface area contributed by atoms with Crippen LogP contribution in [0.3, 0.4) is 0 Å². The fourth-order valence-electron chi connectivity index (χ4n) is 4.66. The molecule has 0 aromatic heterocycles. The van der Waals surface area contributed by atoms with Crippen LogP contribution in [0.5, 0.6) is 0 Å². The van der Waals surface area contributed by atoms with Gasteiger partial charge in [-0.3, -0.25) is 0 Å². The zero-order valence-electron chi connectivity index (χ0n) is 19.4. The molecule has 0 amide bonds. The van der Waals surface area contributed by atoms with Gasteiger partial charge in [0.05, 0.1) is 18.8 Å². The first-order chi connectivity index (χ1) is 16.7. The lowest BCUT2D eigenvalue weighted by atomic mass is 9.67. The molecule has 0 saturated carbocycles. The number of fused-ring (bicyclic) bond motifs is 1. The minimum absolute atomic E-state index is 0.171. The number of esters is 2. The fraction of sp³-hybridized carbons (Fsp3) is 0.200. The molecule has 0 saturated heterocycles. The van der Waals surface area contributed by atoms with Crippen LogP contribution in [-0.4, -0.2) is 25.2 Å². The molecule has 0 spiro atoms. The lowest BCUT2D eigenvalue weighted by molar-refractivity contribution is -0.139. The van der Waals surface area contributed by atoms with Crippen molar-refractivity contribution in [1.82, 2.24) is 0 Å². The van der Waals surface area contributed by atoms with Gasteiger partial charge in [-0.15, -0.1) is 0 Å². The van der Waals surface area contributed by atoms with Crippen LogP contribution in [0, 0.1) is 5.92 Å². The Hall–Kier alpha value is -3.92. The van der Waals surface area contributed by atoms with Crippen molar-refractivity contribution >= 4 is 17.5 Å². The fourth-order valence-corrected chi connectivity index (χ4v) is 4.66. The molecule has 1 aliphatic carbocycles. The van der Waals surface area contributed by atoms with Gasteiger partial charge in [-0.1, -0.05) is 91.0 Å². The molecule has 4 heteroatoms. The molecular formula is C30H28O4. The van der Waals surface area contributed by atoms with Crippen LogP contribution in [0.1, 0.15) is 42.0 Å². The van der Waals surface area contributed by atoms with Gasteiger partial charge < -0.3 is 9.47 Å². The summed E-state index contributed by atoms with van der Waals surface area (Å²) in [7, 11) is 0. The Bertz CT molecular complexity index is 1210. The van der Waals surface area contributed by atoms with Crippen LogP contribution in [0.15, 0.2) is 103 Å². The first kappa shape index (κ1) is 23.2. The normalized spacial score (nSPS) is 17.4. The molecule has 0 N–H and O–H groups in total. The molecule has 3 aromatic carbocycles. The van der Waals surface area contributed by atoms with Crippen molar-refractivity contribution in [2.45, 2.75) is 19.8 Å². The lowest BCUT2D eigenvalue weighted by Gasteiger charge is -2.35. The monoisotopic (exact) mass is 452 g/mol. The first-order valence-corrected chi connectivity index (χ1v) is 11.6. The predicted octanol–water partition coefficient (Wildman–Crippen LogP) is 5.93. The zero-order chi connectivity index (χ0) is 23.9. The molecule has 172 valence electrons. The minimum Gasteiger partial charge on any atom is -0.463 e. The van der Waals surface area contributed by atoms with Crippen molar-refractivity contribution in [3.8, 4) is 0 Å². The Morgan fingerprint density at radius 3 is 2.09 bits per heavy atom. The molecule has 4 nitrogen and oxygen atoms in total. The van der Waals surface area contributed by atoms with E-state index in [1.807, 2.05) is 60.7 Å². The van der Waals surface area contributed by atoms with E-state index in [-0.39, 0.29) is 25.1 Å². The summed E-state index contributed by atoms with van der Waals surface area (Å²) >= 11 is 0. The Morgan fingerprint density at radius 2 is 1.41 bits per heavy atom. The number of ether oxygens (including phenoxy) is 2. The van der Waals surface area contributed by atoms with Crippen LogP contribution in [-0.2, 0) is 19.1 Å². The molecular weight excluding hydrogens is 424 g/mol. The molecule has 0 heterocycles. The summed E-state index contributed by atoms with van der Waals surface area (Å²) < 4.78 is 10.7. The Labute approximate surface area is 200 Å². The van der Waals surface area contributed by atoms with Gasteiger partial charge in [0.15, 0.2) is 0 Å². The number of allylic oxidation sites excluding steroid dienone is 1. The van der Waals surface area contributed by atoms with E-state index in [0.717, 1.165) is 27.8 Å². The van der Waals surface area contributed by atoms with E-state index in [4.69, 9.17) is 9.47 Å². The summed E-state index contributed by atoms with van der Waals surface area (Å²) in [5.41, 5.74) is 5.45. The molecule has 0 fully saturated rings. The van der Waals surface area contributed by atoms with Crippen LogP contribution in [0.4, 0.5) is 0 Å². The highest BCUT2D eigenvalue weighted by Gasteiger charge is 2.39. The molecule has 4 rings (SSSR count). The maximum atomic E-state index is 13.5. The SMILES string of the molecule is CCOC(=O)/C=C/[C@H]1C(C(=O)OCC)=C(c2ccccc2)c2ccccc2[C@@H]1c1ccccc1. The van der Waals surface area contributed by atoms with Crippen molar-refractivity contribution in [1.29, 1.82) is 0 Å². The third-order valence-electron chi connectivity index (χ3n) is 5.97. The van der Waals surface area contributed by atoms with Gasteiger partial charge >= 0.3 is 11.9 Å². The highest BCUT2D eigenvalue weighted by Crippen LogP contribution is 2.49. The van der Waals surface area contributed by atoms with E-state index in [1.165, 1.54) is 6.08 Å². The largest absolute Gasteiger partial charge is 0.463 e. The summed E-state index contributed by atoms with van der Waals surface area (Å²) in [6, 6.07) is 28.1. The van der Waals surface area contributed by atoms with Gasteiger partial charge in [0.25, 0.3) is 0 Å². The number of hydrogen-bond acceptors (Lipinski definition) is 4. The van der Waals surface area contributed by atoms with E-state index in [9.17, 15) is 9.59 Å². The summed E-state index contributed by atoms with van der Waals surface area (Å²) in [6.45, 7) is 4.12. The summed E-state index contributed by atoms with van der Waals surface area (Å²) in [5, 5.41) is 0. The first-order valence-electron chi connectivity index (χ1n) is 11.6. The van der Waals surface area contributed by atoms with E-state index in [0.29, 0.717) is 5.57 Å². The van der Waals surface area contributed by atoms with Gasteiger partial charge in [-0.2, -0.15) is 0 Å². The number of benzene rings is 3. The third-order valence-corrected chi connectivity index (χ3v) is 5.97. The molecule has 34 heavy (non-hydrogen) atoms. The average Bonchev–Trinajstić information content (AvgIpc) is 2.87. The van der Waals surface area contributed by atoms with E-state index < -0.39 is 11.9 Å².